The van der Waals surface area contributed by atoms with E-state index in [1.807, 2.05) is 13.8 Å². The second-order valence-electron chi connectivity index (χ2n) is 3.66. The van der Waals surface area contributed by atoms with Crippen LogP contribution in [0.15, 0.2) is 30.4 Å². The van der Waals surface area contributed by atoms with Crippen molar-refractivity contribution in [2.24, 2.45) is 0 Å². The van der Waals surface area contributed by atoms with Crippen LogP contribution in [-0.2, 0) is 0 Å². The lowest BCUT2D eigenvalue weighted by atomic mass is 10.1. The average molecular weight is 239 g/mol. The van der Waals surface area contributed by atoms with Crippen molar-refractivity contribution in [3.8, 4) is 5.75 Å². The van der Waals surface area contributed by atoms with Gasteiger partial charge in [-0.15, -0.1) is 0 Å². The molecular weight excluding hydrogens is 224 g/mol. The number of ketones is 1. The molecule has 0 aliphatic carbocycles. The summed E-state index contributed by atoms with van der Waals surface area (Å²) in [6, 6.07) is 5.07. The van der Waals surface area contributed by atoms with Crippen LogP contribution in [0, 0.1) is 0 Å². The molecule has 0 fully saturated rings. The molecule has 0 unspecified atom stereocenters. The summed E-state index contributed by atoms with van der Waals surface area (Å²) in [6.45, 7) is 7.84. The van der Waals surface area contributed by atoms with E-state index in [2.05, 4.69) is 6.58 Å². The highest BCUT2D eigenvalue weighted by molar-refractivity contribution is 6.31. The van der Waals surface area contributed by atoms with E-state index in [0.717, 1.165) is 5.57 Å². The van der Waals surface area contributed by atoms with Gasteiger partial charge in [0.15, 0.2) is 5.78 Å². The maximum Gasteiger partial charge on any atom is 0.166 e. The number of rotatable bonds is 5. The number of carbonyl (C=O) groups is 1. The molecule has 0 radical (unpaired) electrons. The number of benzene rings is 1. The summed E-state index contributed by atoms with van der Waals surface area (Å²) < 4.78 is 5.50. The van der Waals surface area contributed by atoms with Crippen LogP contribution < -0.4 is 4.74 Å². The molecule has 0 bridgehead atoms. The van der Waals surface area contributed by atoms with Gasteiger partial charge >= 0.3 is 0 Å². The molecule has 2 nitrogen and oxygen atoms in total. The third-order valence-electron chi connectivity index (χ3n) is 2.04. The molecule has 16 heavy (non-hydrogen) atoms. The van der Waals surface area contributed by atoms with E-state index in [0.29, 0.717) is 29.4 Å². The van der Waals surface area contributed by atoms with Crippen molar-refractivity contribution in [2.75, 3.05) is 6.61 Å². The van der Waals surface area contributed by atoms with Crippen LogP contribution in [0.4, 0.5) is 0 Å². The first-order valence-corrected chi connectivity index (χ1v) is 5.52. The largest absolute Gasteiger partial charge is 0.489 e. The van der Waals surface area contributed by atoms with Crippen LogP contribution in [0.2, 0.25) is 5.02 Å². The van der Waals surface area contributed by atoms with Crippen LogP contribution in [0.3, 0.4) is 0 Å². The van der Waals surface area contributed by atoms with Gasteiger partial charge < -0.3 is 4.74 Å². The highest BCUT2D eigenvalue weighted by atomic mass is 35.5. The van der Waals surface area contributed by atoms with Gasteiger partial charge in [-0.1, -0.05) is 25.1 Å². The summed E-state index contributed by atoms with van der Waals surface area (Å²) in [5.74, 6) is 0.596. The minimum atomic E-state index is 0.0271. The summed E-state index contributed by atoms with van der Waals surface area (Å²) in [7, 11) is 0. The molecule has 0 N–H and O–H groups in total. The van der Waals surface area contributed by atoms with Crippen LogP contribution in [0.1, 0.15) is 30.6 Å². The van der Waals surface area contributed by atoms with Gasteiger partial charge in [-0.2, -0.15) is 0 Å². The van der Waals surface area contributed by atoms with E-state index in [-0.39, 0.29) is 5.78 Å². The van der Waals surface area contributed by atoms with E-state index in [9.17, 15) is 4.79 Å². The van der Waals surface area contributed by atoms with E-state index >= 15 is 0 Å². The van der Waals surface area contributed by atoms with Gasteiger partial charge in [0, 0.05) is 11.4 Å². The summed E-state index contributed by atoms with van der Waals surface area (Å²) in [6.07, 6.45) is 0.434. The minimum absolute atomic E-state index is 0.0271. The third-order valence-corrected chi connectivity index (χ3v) is 2.27. The van der Waals surface area contributed by atoms with Gasteiger partial charge in [0.05, 0.1) is 5.56 Å². The second kappa shape index (κ2) is 5.71. The molecule has 86 valence electrons. The van der Waals surface area contributed by atoms with Gasteiger partial charge in [0.2, 0.25) is 0 Å². The summed E-state index contributed by atoms with van der Waals surface area (Å²) >= 11 is 5.86. The van der Waals surface area contributed by atoms with E-state index < -0.39 is 0 Å². The maximum absolute atomic E-state index is 11.7. The van der Waals surface area contributed by atoms with Gasteiger partial charge in [-0.25, -0.2) is 0 Å². The molecule has 1 aromatic rings. The van der Waals surface area contributed by atoms with Gasteiger partial charge in [-0.05, 0) is 30.7 Å². The molecule has 3 heteroatoms. The van der Waals surface area contributed by atoms with Crippen LogP contribution in [-0.4, -0.2) is 12.4 Å². The van der Waals surface area contributed by atoms with Crippen LogP contribution >= 0.6 is 11.6 Å². The molecule has 0 aliphatic rings. The Balaban J connectivity index is 2.98. The fourth-order valence-corrected chi connectivity index (χ4v) is 1.41. The molecule has 0 aromatic heterocycles. The molecule has 0 amide bonds. The predicted octanol–water partition coefficient (Wildman–Crippen LogP) is 3.89. The number of hydrogen-bond donors (Lipinski definition) is 0. The van der Waals surface area contributed by atoms with Crippen molar-refractivity contribution < 1.29 is 9.53 Å². The molecule has 1 aromatic carbocycles. The Labute approximate surface area is 101 Å². The topological polar surface area (TPSA) is 26.3 Å². The highest BCUT2D eigenvalue weighted by Crippen LogP contribution is 2.24. The number of carbonyl (C=O) groups excluding carboxylic acids is 1. The van der Waals surface area contributed by atoms with Crippen molar-refractivity contribution in [3.05, 3.63) is 40.9 Å². The zero-order valence-corrected chi connectivity index (χ0v) is 10.3. The Morgan fingerprint density at radius 2 is 2.19 bits per heavy atom. The lowest BCUT2D eigenvalue weighted by molar-refractivity contribution is 0.0984. The van der Waals surface area contributed by atoms with E-state index in [4.69, 9.17) is 16.3 Å². The van der Waals surface area contributed by atoms with Crippen molar-refractivity contribution in [1.29, 1.82) is 0 Å². The molecule has 0 heterocycles. The van der Waals surface area contributed by atoms with Crippen molar-refractivity contribution in [1.82, 2.24) is 0 Å². The van der Waals surface area contributed by atoms with E-state index in [1.54, 1.807) is 18.2 Å². The third kappa shape index (κ3) is 3.38. The number of ether oxygens (including phenoxy) is 1. The minimum Gasteiger partial charge on any atom is -0.489 e. The fourth-order valence-electron chi connectivity index (χ4n) is 1.24. The Bertz CT molecular complexity index is 410. The van der Waals surface area contributed by atoms with Crippen LogP contribution in [0.5, 0.6) is 5.75 Å². The van der Waals surface area contributed by atoms with Crippen molar-refractivity contribution >= 4 is 17.4 Å². The lowest BCUT2D eigenvalue weighted by Gasteiger charge is -2.10. The molecule has 0 aliphatic heterocycles. The summed E-state index contributed by atoms with van der Waals surface area (Å²) in [5.41, 5.74) is 1.45. The Morgan fingerprint density at radius 3 is 2.75 bits per heavy atom. The number of halogens is 1. The number of hydrogen-bond acceptors (Lipinski definition) is 2. The zero-order valence-electron chi connectivity index (χ0n) is 9.55. The zero-order chi connectivity index (χ0) is 12.1. The monoisotopic (exact) mass is 238 g/mol. The SMILES string of the molecule is C=C(C)COc1ccc(Cl)cc1C(=O)CC. The molecule has 0 saturated carbocycles. The molecule has 1 rings (SSSR count). The van der Waals surface area contributed by atoms with Crippen molar-refractivity contribution in [3.63, 3.8) is 0 Å². The normalized spacial score (nSPS) is 9.94. The molecule has 0 spiro atoms. The van der Waals surface area contributed by atoms with Gasteiger partial charge in [-0.3, -0.25) is 4.79 Å². The predicted molar refractivity (Wildman–Crippen MR) is 66.4 cm³/mol. The Morgan fingerprint density at radius 1 is 1.50 bits per heavy atom. The van der Waals surface area contributed by atoms with E-state index in [1.165, 1.54) is 0 Å². The lowest BCUT2D eigenvalue weighted by Crippen LogP contribution is -2.04. The first kappa shape index (κ1) is 12.8. The summed E-state index contributed by atoms with van der Waals surface area (Å²) in [4.78, 5) is 11.7. The van der Waals surface area contributed by atoms with Gasteiger partial charge in [0.25, 0.3) is 0 Å². The smallest absolute Gasteiger partial charge is 0.166 e. The first-order chi connectivity index (χ1) is 7.54. The number of Topliss-reactive ketones (excluding diaryl/α,β-unsaturated/α-hetero) is 1. The molecule has 0 atom stereocenters. The van der Waals surface area contributed by atoms with Crippen molar-refractivity contribution in [2.45, 2.75) is 20.3 Å². The molecule has 0 saturated heterocycles. The highest BCUT2D eigenvalue weighted by Gasteiger charge is 2.11. The maximum atomic E-state index is 11.7. The fraction of sp³-hybridized carbons (Fsp3) is 0.308. The van der Waals surface area contributed by atoms with Crippen LogP contribution in [0.25, 0.3) is 0 Å². The quantitative estimate of drug-likeness (QED) is 0.575. The Hall–Kier alpha value is -1.28. The van der Waals surface area contributed by atoms with Gasteiger partial charge in [0.1, 0.15) is 12.4 Å². The average Bonchev–Trinajstić information content (AvgIpc) is 2.26. The standard InChI is InChI=1S/C13H15ClO2/c1-4-12(15)11-7-10(14)5-6-13(11)16-8-9(2)3/h5-7H,2,4,8H2,1,3H3. The summed E-state index contributed by atoms with van der Waals surface area (Å²) in [5, 5.41) is 0.541. The molecular formula is C13H15ClO2. The Kier molecular flexibility index (Phi) is 4.56. The first-order valence-electron chi connectivity index (χ1n) is 5.14. The second-order valence-corrected chi connectivity index (χ2v) is 4.10.